The van der Waals surface area contributed by atoms with Gasteiger partial charge in [-0.05, 0) is 62.4 Å². The molecule has 2 nitrogen and oxygen atoms in total. The van der Waals surface area contributed by atoms with Crippen molar-refractivity contribution in [3.8, 4) is 0 Å². The van der Waals surface area contributed by atoms with Crippen molar-refractivity contribution in [1.82, 2.24) is 5.32 Å². The molecule has 1 aromatic carbocycles. The normalized spacial score (nSPS) is 21.2. The second-order valence-corrected chi connectivity index (χ2v) is 5.23. The zero-order chi connectivity index (χ0) is 13.0. The van der Waals surface area contributed by atoms with Crippen LogP contribution in [-0.2, 0) is 11.2 Å². The summed E-state index contributed by atoms with van der Waals surface area (Å²) in [7, 11) is 1.98. The van der Waals surface area contributed by atoms with Crippen LogP contribution in [0.15, 0.2) is 18.2 Å². The number of hydrogen-bond donors (Lipinski definition) is 1. The second-order valence-electron chi connectivity index (χ2n) is 5.23. The Kier molecular flexibility index (Phi) is 4.72. The van der Waals surface area contributed by atoms with Crippen LogP contribution < -0.4 is 5.32 Å². The predicted octanol–water partition coefficient (Wildman–Crippen LogP) is 2.69. The summed E-state index contributed by atoms with van der Waals surface area (Å²) in [5.74, 6) is 0.506. The third-order valence-electron chi connectivity index (χ3n) is 3.83. The maximum atomic E-state index is 13.3. The molecule has 2 atom stereocenters. The number of likely N-dealkylation sites (N-methyl/N-ethyl adjacent to an activating group) is 1. The van der Waals surface area contributed by atoms with Crippen molar-refractivity contribution >= 4 is 0 Å². The topological polar surface area (TPSA) is 21.3 Å². The van der Waals surface area contributed by atoms with E-state index in [0.29, 0.717) is 12.0 Å². The first-order valence-corrected chi connectivity index (χ1v) is 6.69. The SMILES string of the molecule is CNC(Cc1cc(F)ccc1C)CC1CCOC1. The Morgan fingerprint density at radius 2 is 2.33 bits per heavy atom. The van der Waals surface area contributed by atoms with Gasteiger partial charge in [0.25, 0.3) is 0 Å². The smallest absolute Gasteiger partial charge is 0.123 e. The highest BCUT2D eigenvalue weighted by molar-refractivity contribution is 5.27. The number of nitrogens with one attached hydrogen (secondary N) is 1. The van der Waals surface area contributed by atoms with E-state index in [9.17, 15) is 4.39 Å². The van der Waals surface area contributed by atoms with Gasteiger partial charge in [-0.1, -0.05) is 6.07 Å². The summed E-state index contributed by atoms with van der Waals surface area (Å²) in [5, 5.41) is 3.35. The van der Waals surface area contributed by atoms with Gasteiger partial charge in [0.2, 0.25) is 0 Å². The van der Waals surface area contributed by atoms with Crippen LogP contribution in [0.25, 0.3) is 0 Å². The number of hydrogen-bond acceptors (Lipinski definition) is 2. The quantitative estimate of drug-likeness (QED) is 0.868. The molecule has 1 aromatic rings. The van der Waals surface area contributed by atoms with Gasteiger partial charge in [0.1, 0.15) is 5.82 Å². The Morgan fingerprint density at radius 3 is 3.00 bits per heavy atom. The van der Waals surface area contributed by atoms with Crippen molar-refractivity contribution in [3.63, 3.8) is 0 Å². The number of ether oxygens (including phenoxy) is 1. The molecular formula is C15H22FNO. The van der Waals surface area contributed by atoms with Crippen LogP contribution >= 0.6 is 0 Å². The number of rotatable bonds is 5. The van der Waals surface area contributed by atoms with Crippen LogP contribution in [0, 0.1) is 18.7 Å². The van der Waals surface area contributed by atoms with E-state index in [1.165, 1.54) is 11.6 Å². The van der Waals surface area contributed by atoms with Gasteiger partial charge in [-0.25, -0.2) is 4.39 Å². The highest BCUT2D eigenvalue weighted by atomic mass is 19.1. The summed E-state index contributed by atoms with van der Waals surface area (Å²) in [6.07, 6.45) is 3.14. The lowest BCUT2D eigenvalue weighted by Crippen LogP contribution is -2.30. The monoisotopic (exact) mass is 251 g/mol. The van der Waals surface area contributed by atoms with Gasteiger partial charge < -0.3 is 10.1 Å². The van der Waals surface area contributed by atoms with Crippen LogP contribution in [0.1, 0.15) is 24.0 Å². The van der Waals surface area contributed by atoms with Crippen LogP contribution in [0.4, 0.5) is 4.39 Å². The molecule has 0 aromatic heterocycles. The van der Waals surface area contributed by atoms with E-state index < -0.39 is 0 Å². The van der Waals surface area contributed by atoms with Crippen LogP contribution in [0.3, 0.4) is 0 Å². The molecule has 0 aliphatic carbocycles. The summed E-state index contributed by atoms with van der Waals surface area (Å²) < 4.78 is 18.7. The van der Waals surface area contributed by atoms with Crippen LogP contribution in [0.2, 0.25) is 0 Å². The van der Waals surface area contributed by atoms with Crippen molar-refractivity contribution in [3.05, 3.63) is 35.1 Å². The molecule has 2 unspecified atom stereocenters. The predicted molar refractivity (Wildman–Crippen MR) is 71.2 cm³/mol. The van der Waals surface area contributed by atoms with Gasteiger partial charge >= 0.3 is 0 Å². The first-order chi connectivity index (χ1) is 8.69. The molecule has 1 aliphatic heterocycles. The Bertz CT molecular complexity index is 388. The summed E-state index contributed by atoms with van der Waals surface area (Å²) in [6, 6.07) is 5.44. The van der Waals surface area contributed by atoms with Gasteiger partial charge in [0.05, 0.1) is 0 Å². The molecule has 100 valence electrons. The van der Waals surface area contributed by atoms with Crippen molar-refractivity contribution < 1.29 is 9.13 Å². The largest absolute Gasteiger partial charge is 0.381 e. The highest BCUT2D eigenvalue weighted by Gasteiger charge is 2.20. The lowest BCUT2D eigenvalue weighted by atomic mass is 9.93. The Hall–Kier alpha value is -0.930. The van der Waals surface area contributed by atoms with Gasteiger partial charge in [-0.3, -0.25) is 0 Å². The van der Waals surface area contributed by atoms with E-state index >= 15 is 0 Å². The fourth-order valence-corrected chi connectivity index (χ4v) is 2.60. The fraction of sp³-hybridized carbons (Fsp3) is 0.600. The average molecular weight is 251 g/mol. The molecule has 1 heterocycles. The van der Waals surface area contributed by atoms with Crippen LogP contribution in [-0.4, -0.2) is 26.3 Å². The van der Waals surface area contributed by atoms with Crippen molar-refractivity contribution in [2.75, 3.05) is 20.3 Å². The fourth-order valence-electron chi connectivity index (χ4n) is 2.60. The molecule has 1 N–H and O–H groups in total. The first-order valence-electron chi connectivity index (χ1n) is 6.69. The average Bonchev–Trinajstić information content (AvgIpc) is 2.85. The van der Waals surface area contributed by atoms with E-state index in [2.05, 4.69) is 5.32 Å². The van der Waals surface area contributed by atoms with E-state index in [4.69, 9.17) is 4.74 Å². The highest BCUT2D eigenvalue weighted by Crippen LogP contribution is 2.21. The van der Waals surface area contributed by atoms with E-state index in [0.717, 1.165) is 38.0 Å². The van der Waals surface area contributed by atoms with E-state index in [1.54, 1.807) is 6.07 Å². The molecule has 1 aliphatic rings. The zero-order valence-corrected chi connectivity index (χ0v) is 11.2. The Labute approximate surface area is 109 Å². The third-order valence-corrected chi connectivity index (χ3v) is 3.83. The summed E-state index contributed by atoms with van der Waals surface area (Å²) in [6.45, 7) is 3.81. The molecular weight excluding hydrogens is 229 g/mol. The van der Waals surface area contributed by atoms with E-state index in [1.807, 2.05) is 20.0 Å². The first kappa shape index (κ1) is 13.5. The zero-order valence-electron chi connectivity index (χ0n) is 11.2. The molecule has 0 saturated carbocycles. The Morgan fingerprint density at radius 1 is 1.50 bits per heavy atom. The van der Waals surface area contributed by atoms with Crippen LogP contribution in [0.5, 0.6) is 0 Å². The minimum Gasteiger partial charge on any atom is -0.381 e. The maximum absolute atomic E-state index is 13.3. The second kappa shape index (κ2) is 6.30. The summed E-state index contributed by atoms with van der Waals surface area (Å²) in [5.41, 5.74) is 2.27. The molecule has 1 fully saturated rings. The molecule has 0 spiro atoms. The minimum atomic E-state index is -0.144. The molecule has 0 amide bonds. The number of benzene rings is 1. The molecule has 0 bridgehead atoms. The lowest BCUT2D eigenvalue weighted by molar-refractivity contribution is 0.181. The van der Waals surface area contributed by atoms with Crippen molar-refractivity contribution in [2.24, 2.45) is 5.92 Å². The van der Waals surface area contributed by atoms with Crippen molar-refractivity contribution in [1.29, 1.82) is 0 Å². The van der Waals surface area contributed by atoms with Gasteiger partial charge in [0.15, 0.2) is 0 Å². The third kappa shape index (κ3) is 3.53. The molecule has 18 heavy (non-hydrogen) atoms. The molecule has 2 rings (SSSR count). The standard InChI is InChI=1S/C15H22FNO/c1-11-3-4-14(16)8-13(11)9-15(17-2)7-12-5-6-18-10-12/h3-4,8,12,15,17H,5-7,9-10H2,1-2H3. The Balaban J connectivity index is 1.98. The van der Waals surface area contributed by atoms with Gasteiger partial charge in [-0.15, -0.1) is 0 Å². The maximum Gasteiger partial charge on any atom is 0.123 e. The summed E-state index contributed by atoms with van der Waals surface area (Å²) in [4.78, 5) is 0. The van der Waals surface area contributed by atoms with Gasteiger partial charge in [-0.2, -0.15) is 0 Å². The molecule has 1 saturated heterocycles. The minimum absolute atomic E-state index is 0.144. The number of halogens is 1. The van der Waals surface area contributed by atoms with Crippen molar-refractivity contribution in [2.45, 2.75) is 32.2 Å². The summed E-state index contributed by atoms with van der Waals surface area (Å²) >= 11 is 0. The van der Waals surface area contributed by atoms with E-state index in [-0.39, 0.29) is 5.82 Å². The van der Waals surface area contributed by atoms with Gasteiger partial charge in [0, 0.05) is 19.3 Å². The molecule has 3 heteroatoms. The lowest BCUT2D eigenvalue weighted by Gasteiger charge is -2.20. The molecule has 0 radical (unpaired) electrons. The number of aryl methyl sites for hydroxylation is 1.